The van der Waals surface area contributed by atoms with Gasteiger partial charge in [-0.15, -0.1) is 0 Å². The molecule has 0 spiro atoms. The topological polar surface area (TPSA) is 35.5 Å². The fraction of sp³-hybridized carbons (Fsp3) is 0.720. The molecule has 3 saturated carbocycles. The van der Waals surface area contributed by atoms with Gasteiger partial charge in [-0.2, -0.15) is 0 Å². The van der Waals surface area contributed by atoms with Crippen molar-refractivity contribution in [3.63, 3.8) is 0 Å². The van der Waals surface area contributed by atoms with E-state index in [2.05, 4.69) is 39.8 Å². The lowest BCUT2D eigenvalue weighted by Crippen LogP contribution is -2.31. The number of hydrogen-bond donors (Lipinski definition) is 0. The van der Waals surface area contributed by atoms with Gasteiger partial charge in [0, 0.05) is 23.3 Å². The number of fused-ring (bicyclic) bond motifs is 1. The zero-order valence-electron chi connectivity index (χ0n) is 18.5. The summed E-state index contributed by atoms with van der Waals surface area (Å²) < 4.78 is 11.9. The third-order valence-electron chi connectivity index (χ3n) is 8.62. The molecular weight excluding hydrogens is 348 g/mol. The largest absolute Gasteiger partial charge is 0.496 e. The molecule has 0 bridgehead atoms. The Morgan fingerprint density at radius 2 is 1.75 bits per heavy atom. The fourth-order valence-electron chi connectivity index (χ4n) is 6.73. The third kappa shape index (κ3) is 2.37. The number of carbonyl (C=O) groups is 1. The van der Waals surface area contributed by atoms with Gasteiger partial charge in [0.2, 0.25) is 0 Å². The second kappa shape index (κ2) is 6.50. The minimum atomic E-state index is -0.0603. The van der Waals surface area contributed by atoms with Gasteiger partial charge < -0.3 is 9.47 Å². The highest BCUT2D eigenvalue weighted by Gasteiger charge is 2.89. The molecule has 3 heteroatoms. The van der Waals surface area contributed by atoms with Crippen molar-refractivity contribution in [2.24, 2.45) is 17.3 Å². The molecule has 1 unspecified atom stereocenters. The van der Waals surface area contributed by atoms with Crippen molar-refractivity contribution in [1.82, 2.24) is 0 Å². The summed E-state index contributed by atoms with van der Waals surface area (Å²) in [6.45, 7) is 9.20. The molecule has 1 aromatic carbocycles. The molecule has 0 aliphatic heterocycles. The number of unbranched alkanes of at least 4 members (excludes halogenated alkanes) is 3. The summed E-state index contributed by atoms with van der Waals surface area (Å²) in [5, 5.41) is 0. The maximum Gasteiger partial charge on any atom is 0.137 e. The molecule has 0 heterocycles. The van der Waals surface area contributed by atoms with Crippen molar-refractivity contribution < 1.29 is 14.3 Å². The van der Waals surface area contributed by atoms with Gasteiger partial charge in [-0.3, -0.25) is 4.79 Å². The SMILES string of the molecule is CCCCCCC(C)(C)c1cc(OC)c([C@]23CC(=O)[C@H]4C[C@@H]2C43C)c(OC)c1. The Balaban J connectivity index is 1.70. The third-order valence-corrected chi connectivity index (χ3v) is 8.62. The van der Waals surface area contributed by atoms with Gasteiger partial charge in [-0.25, -0.2) is 0 Å². The Labute approximate surface area is 170 Å². The van der Waals surface area contributed by atoms with Gasteiger partial charge in [-0.1, -0.05) is 53.4 Å². The number of Topliss-reactive ketones (excluding diaryl/α,β-unsaturated/α-hetero) is 1. The van der Waals surface area contributed by atoms with E-state index >= 15 is 0 Å². The first-order chi connectivity index (χ1) is 13.3. The molecule has 1 aromatic rings. The van der Waals surface area contributed by atoms with Crippen LogP contribution in [0.2, 0.25) is 0 Å². The quantitative estimate of drug-likeness (QED) is 0.503. The maximum absolute atomic E-state index is 12.6. The Kier molecular flexibility index (Phi) is 4.60. The predicted molar refractivity (Wildman–Crippen MR) is 112 cm³/mol. The molecule has 0 aromatic heterocycles. The summed E-state index contributed by atoms with van der Waals surface area (Å²) in [7, 11) is 3.52. The second-order valence-electron chi connectivity index (χ2n) is 10.2. The van der Waals surface area contributed by atoms with E-state index in [0.717, 1.165) is 29.9 Å². The molecule has 4 rings (SSSR count). The maximum atomic E-state index is 12.6. The lowest BCUT2D eigenvalue weighted by molar-refractivity contribution is -0.126. The van der Waals surface area contributed by atoms with Gasteiger partial charge >= 0.3 is 0 Å². The number of rotatable bonds is 9. The Hall–Kier alpha value is -1.51. The van der Waals surface area contributed by atoms with Crippen LogP contribution in [0.3, 0.4) is 0 Å². The summed E-state index contributed by atoms with van der Waals surface area (Å²) in [6, 6.07) is 4.46. The van der Waals surface area contributed by atoms with E-state index in [0.29, 0.717) is 18.1 Å². The fourth-order valence-corrected chi connectivity index (χ4v) is 6.73. The number of carbonyl (C=O) groups excluding carboxylic acids is 1. The molecule has 28 heavy (non-hydrogen) atoms. The van der Waals surface area contributed by atoms with Crippen LogP contribution >= 0.6 is 0 Å². The molecule has 0 N–H and O–H groups in total. The van der Waals surface area contributed by atoms with Gasteiger partial charge in [0.05, 0.1) is 14.2 Å². The van der Waals surface area contributed by atoms with Crippen LogP contribution in [0, 0.1) is 17.3 Å². The standard InChI is InChI=1S/C25H36O3/c1-7-8-9-10-11-23(2,3)16-12-19(27-5)22(20(13-16)28-6)25-15-18(26)17-14-21(25)24(17,25)4/h12-13,17,21H,7-11,14-15H2,1-6H3/t17-,21-,24?,25+/m1/s1. The minimum Gasteiger partial charge on any atom is -0.496 e. The Bertz CT molecular complexity index is 770. The molecule has 0 radical (unpaired) electrons. The van der Waals surface area contributed by atoms with Crippen LogP contribution in [0.4, 0.5) is 0 Å². The molecule has 0 amide bonds. The zero-order chi connectivity index (χ0) is 20.3. The van der Waals surface area contributed by atoms with Gasteiger partial charge in [0.25, 0.3) is 0 Å². The van der Waals surface area contributed by atoms with Crippen LogP contribution in [0.5, 0.6) is 11.5 Å². The van der Waals surface area contributed by atoms with Gasteiger partial charge in [0.15, 0.2) is 0 Å². The highest BCUT2D eigenvalue weighted by molar-refractivity contribution is 5.93. The summed E-state index contributed by atoms with van der Waals surface area (Å²) in [6.07, 6.45) is 7.96. The first kappa shape index (κ1) is 19.8. The first-order valence-electron chi connectivity index (χ1n) is 11.1. The molecule has 4 atom stereocenters. The number of hydrogen-bond acceptors (Lipinski definition) is 3. The molecule has 154 valence electrons. The number of methoxy groups -OCH3 is 2. The smallest absolute Gasteiger partial charge is 0.137 e. The number of benzene rings is 1. The molecule has 3 aliphatic carbocycles. The van der Waals surface area contributed by atoms with Gasteiger partial charge in [0.1, 0.15) is 17.3 Å². The predicted octanol–water partition coefficient (Wildman–Crippen LogP) is 5.82. The van der Waals surface area contributed by atoms with E-state index in [4.69, 9.17) is 9.47 Å². The van der Waals surface area contributed by atoms with E-state index in [1.165, 1.54) is 31.2 Å². The summed E-state index contributed by atoms with van der Waals surface area (Å²) >= 11 is 0. The monoisotopic (exact) mass is 384 g/mol. The van der Waals surface area contributed by atoms with Crippen LogP contribution in [0.25, 0.3) is 0 Å². The molecule has 3 aliphatic rings. The Morgan fingerprint density at radius 3 is 2.21 bits per heavy atom. The van der Waals surface area contributed by atoms with E-state index in [1.54, 1.807) is 14.2 Å². The molecule has 3 nitrogen and oxygen atoms in total. The lowest BCUT2D eigenvalue weighted by Gasteiger charge is -2.30. The summed E-state index contributed by atoms with van der Waals surface area (Å²) in [5.41, 5.74) is 2.57. The van der Waals surface area contributed by atoms with Gasteiger partial charge in [-0.05, 0) is 47.3 Å². The van der Waals surface area contributed by atoms with Crippen LogP contribution < -0.4 is 9.47 Å². The lowest BCUT2D eigenvalue weighted by atomic mass is 9.73. The van der Waals surface area contributed by atoms with E-state index in [1.807, 2.05) is 0 Å². The van der Waals surface area contributed by atoms with E-state index < -0.39 is 0 Å². The average molecular weight is 385 g/mol. The van der Waals surface area contributed by atoms with Crippen LogP contribution in [0.1, 0.15) is 83.8 Å². The van der Waals surface area contributed by atoms with Crippen molar-refractivity contribution in [3.8, 4) is 11.5 Å². The van der Waals surface area contributed by atoms with Crippen molar-refractivity contribution in [2.45, 2.75) is 83.5 Å². The van der Waals surface area contributed by atoms with Crippen molar-refractivity contribution >= 4 is 5.78 Å². The minimum absolute atomic E-state index is 0.0603. The number of ether oxygens (including phenoxy) is 2. The van der Waals surface area contributed by atoms with Crippen molar-refractivity contribution in [2.75, 3.05) is 14.2 Å². The average Bonchev–Trinajstić information content (AvgIpc) is 2.98. The van der Waals surface area contributed by atoms with Crippen LogP contribution in [0.15, 0.2) is 12.1 Å². The normalized spacial score (nSPS) is 32.7. The first-order valence-corrected chi connectivity index (χ1v) is 11.1. The molecule has 0 saturated heterocycles. The number of ketones is 1. The highest BCUT2D eigenvalue weighted by atomic mass is 16.5. The summed E-state index contributed by atoms with van der Waals surface area (Å²) in [4.78, 5) is 12.6. The zero-order valence-corrected chi connectivity index (χ0v) is 18.5. The van der Waals surface area contributed by atoms with E-state index in [-0.39, 0.29) is 22.2 Å². The van der Waals surface area contributed by atoms with Crippen LogP contribution in [-0.4, -0.2) is 20.0 Å². The van der Waals surface area contributed by atoms with Crippen molar-refractivity contribution in [3.05, 3.63) is 23.3 Å². The van der Waals surface area contributed by atoms with Crippen LogP contribution in [-0.2, 0) is 15.6 Å². The Morgan fingerprint density at radius 1 is 1.11 bits per heavy atom. The molecular formula is C25H36O3. The highest BCUT2D eigenvalue weighted by Crippen LogP contribution is 2.89. The van der Waals surface area contributed by atoms with E-state index in [9.17, 15) is 4.79 Å². The second-order valence-corrected chi connectivity index (χ2v) is 10.2. The summed E-state index contributed by atoms with van der Waals surface area (Å²) in [5.74, 6) is 3.13. The van der Waals surface area contributed by atoms with Crippen molar-refractivity contribution in [1.29, 1.82) is 0 Å². The molecule has 3 fully saturated rings.